The maximum absolute atomic E-state index is 11.9. The Morgan fingerprint density at radius 2 is 1.85 bits per heavy atom. The maximum Gasteiger partial charge on any atom is 0.239 e. The molecule has 2 atom stereocenters. The quantitative estimate of drug-likeness (QED) is 0.759. The number of nitriles is 1. The normalized spacial score (nSPS) is 13.9. The van der Waals surface area contributed by atoms with Crippen molar-refractivity contribution in [2.75, 3.05) is 14.2 Å². The van der Waals surface area contributed by atoms with Crippen molar-refractivity contribution in [3.63, 3.8) is 0 Å². The Morgan fingerprint density at radius 3 is 2.38 bits per heavy atom. The van der Waals surface area contributed by atoms with Crippen molar-refractivity contribution in [3.8, 4) is 17.6 Å². The van der Waals surface area contributed by atoms with Crippen LogP contribution in [-0.4, -0.2) is 25.7 Å². The predicted octanol–water partition coefficient (Wildman–Crippen LogP) is 2.34. The van der Waals surface area contributed by atoms with Crippen LogP contribution in [0.15, 0.2) is 48.5 Å². The van der Waals surface area contributed by atoms with Gasteiger partial charge in [-0.15, -0.1) is 0 Å². The SMILES string of the molecule is COc1ccc(C[C@@](C)(C#N)N[C@@H](C(N)=O)c2ccccc2)cc1OC. The molecule has 0 aliphatic rings. The summed E-state index contributed by atoms with van der Waals surface area (Å²) in [6.45, 7) is 1.74. The summed E-state index contributed by atoms with van der Waals surface area (Å²) in [4.78, 5) is 11.9. The third-order valence-corrected chi connectivity index (χ3v) is 4.13. The van der Waals surface area contributed by atoms with Gasteiger partial charge in [-0.2, -0.15) is 5.26 Å². The number of benzene rings is 2. The highest BCUT2D eigenvalue weighted by atomic mass is 16.5. The van der Waals surface area contributed by atoms with Gasteiger partial charge in [0, 0.05) is 6.42 Å². The van der Waals surface area contributed by atoms with Gasteiger partial charge >= 0.3 is 0 Å². The molecule has 0 heterocycles. The number of carbonyl (C=O) groups is 1. The largest absolute Gasteiger partial charge is 0.493 e. The number of amides is 1. The van der Waals surface area contributed by atoms with Crippen LogP contribution in [0.25, 0.3) is 0 Å². The summed E-state index contributed by atoms with van der Waals surface area (Å²) in [6, 6.07) is 16.1. The van der Waals surface area contributed by atoms with Crippen molar-refractivity contribution in [2.24, 2.45) is 5.73 Å². The Balaban J connectivity index is 2.27. The molecule has 0 aromatic heterocycles. The lowest BCUT2D eigenvalue weighted by Crippen LogP contribution is -2.48. The summed E-state index contributed by atoms with van der Waals surface area (Å²) in [5, 5.41) is 12.8. The first-order valence-electron chi connectivity index (χ1n) is 8.16. The van der Waals surface area contributed by atoms with E-state index in [9.17, 15) is 10.1 Å². The monoisotopic (exact) mass is 353 g/mol. The lowest BCUT2D eigenvalue weighted by molar-refractivity contribution is -0.120. The van der Waals surface area contributed by atoms with Gasteiger partial charge in [-0.1, -0.05) is 36.4 Å². The van der Waals surface area contributed by atoms with Crippen LogP contribution < -0.4 is 20.5 Å². The Kier molecular flexibility index (Phi) is 6.21. The molecule has 2 aromatic rings. The van der Waals surface area contributed by atoms with Crippen molar-refractivity contribution in [1.82, 2.24) is 5.32 Å². The fraction of sp³-hybridized carbons (Fsp3) is 0.300. The van der Waals surface area contributed by atoms with Crippen LogP contribution in [-0.2, 0) is 11.2 Å². The number of rotatable bonds is 8. The van der Waals surface area contributed by atoms with Crippen LogP contribution in [0.3, 0.4) is 0 Å². The van der Waals surface area contributed by atoms with E-state index in [1.54, 1.807) is 39.3 Å². The Hall–Kier alpha value is -3.04. The Bertz CT molecular complexity index is 802. The smallest absolute Gasteiger partial charge is 0.239 e. The van der Waals surface area contributed by atoms with Gasteiger partial charge in [-0.25, -0.2) is 0 Å². The molecule has 6 nitrogen and oxygen atoms in total. The molecule has 2 aromatic carbocycles. The van der Waals surface area contributed by atoms with Gasteiger partial charge in [0.15, 0.2) is 11.5 Å². The molecule has 0 aliphatic heterocycles. The van der Waals surface area contributed by atoms with Crippen LogP contribution in [0.1, 0.15) is 24.1 Å². The second-order valence-electron chi connectivity index (χ2n) is 6.20. The standard InChI is InChI=1S/C20H23N3O3/c1-20(13-21,12-14-9-10-16(25-2)17(11-14)26-3)23-18(19(22)24)15-7-5-4-6-8-15/h4-11,18,23H,12H2,1-3H3,(H2,22,24)/t18-,20+/m1/s1. The van der Waals surface area contributed by atoms with Gasteiger partial charge in [0.2, 0.25) is 5.91 Å². The van der Waals surface area contributed by atoms with Crippen molar-refractivity contribution in [2.45, 2.75) is 24.9 Å². The van der Waals surface area contributed by atoms with Gasteiger partial charge in [0.25, 0.3) is 0 Å². The van der Waals surface area contributed by atoms with Crippen LogP contribution in [0.4, 0.5) is 0 Å². The van der Waals surface area contributed by atoms with E-state index in [0.29, 0.717) is 23.5 Å². The minimum absolute atomic E-state index is 0.362. The van der Waals surface area contributed by atoms with Crippen molar-refractivity contribution in [3.05, 3.63) is 59.7 Å². The first-order chi connectivity index (χ1) is 12.4. The molecule has 0 unspecified atom stereocenters. The number of hydrogen-bond acceptors (Lipinski definition) is 5. The Labute approximate surface area is 153 Å². The van der Waals surface area contributed by atoms with Crippen molar-refractivity contribution >= 4 is 5.91 Å². The molecule has 0 spiro atoms. The number of carbonyl (C=O) groups excluding carboxylic acids is 1. The molecule has 2 rings (SSSR count). The van der Waals surface area contributed by atoms with Gasteiger partial charge < -0.3 is 15.2 Å². The number of nitrogens with zero attached hydrogens (tertiary/aromatic N) is 1. The molecule has 1 amide bonds. The zero-order chi connectivity index (χ0) is 19.2. The van der Waals surface area contributed by atoms with Gasteiger partial charge in [-0.3, -0.25) is 10.1 Å². The van der Waals surface area contributed by atoms with Crippen molar-refractivity contribution < 1.29 is 14.3 Å². The fourth-order valence-electron chi connectivity index (χ4n) is 2.80. The number of ether oxygens (including phenoxy) is 2. The molecular formula is C20H23N3O3. The van der Waals surface area contributed by atoms with E-state index in [1.807, 2.05) is 30.3 Å². The first-order valence-corrected chi connectivity index (χ1v) is 8.16. The molecule has 0 aliphatic carbocycles. The lowest BCUT2D eigenvalue weighted by atomic mass is 9.91. The fourth-order valence-corrected chi connectivity index (χ4v) is 2.80. The molecule has 0 saturated heterocycles. The average molecular weight is 353 g/mol. The highest BCUT2D eigenvalue weighted by molar-refractivity contribution is 5.81. The summed E-state index contributed by atoms with van der Waals surface area (Å²) >= 11 is 0. The van der Waals surface area contributed by atoms with Crippen LogP contribution in [0.5, 0.6) is 11.5 Å². The molecular weight excluding hydrogens is 330 g/mol. The maximum atomic E-state index is 11.9. The third kappa shape index (κ3) is 4.52. The molecule has 136 valence electrons. The Morgan fingerprint density at radius 1 is 1.19 bits per heavy atom. The van der Waals surface area contributed by atoms with E-state index in [1.165, 1.54) is 0 Å². The average Bonchev–Trinajstić information content (AvgIpc) is 2.66. The van der Waals surface area contributed by atoms with Crippen molar-refractivity contribution in [1.29, 1.82) is 5.26 Å². The summed E-state index contributed by atoms with van der Waals surface area (Å²) in [5.74, 6) is 0.659. The van der Waals surface area contributed by atoms with E-state index in [0.717, 1.165) is 5.56 Å². The second kappa shape index (κ2) is 8.37. The number of methoxy groups -OCH3 is 2. The van der Waals surface area contributed by atoms with E-state index in [4.69, 9.17) is 15.2 Å². The molecule has 26 heavy (non-hydrogen) atoms. The first kappa shape index (κ1) is 19.3. The predicted molar refractivity (Wildman–Crippen MR) is 98.8 cm³/mol. The summed E-state index contributed by atoms with van der Waals surface area (Å²) < 4.78 is 10.5. The molecule has 0 fully saturated rings. The number of nitrogens with two attached hydrogens (primary N) is 1. The van der Waals surface area contributed by atoms with Crippen LogP contribution >= 0.6 is 0 Å². The number of nitrogens with one attached hydrogen (secondary N) is 1. The van der Waals surface area contributed by atoms with Crippen LogP contribution in [0, 0.1) is 11.3 Å². The molecule has 0 saturated carbocycles. The third-order valence-electron chi connectivity index (χ3n) is 4.13. The zero-order valence-corrected chi connectivity index (χ0v) is 15.2. The highest BCUT2D eigenvalue weighted by Gasteiger charge is 2.31. The lowest BCUT2D eigenvalue weighted by Gasteiger charge is -2.28. The topological polar surface area (TPSA) is 97.4 Å². The van der Waals surface area contributed by atoms with Crippen LogP contribution in [0.2, 0.25) is 0 Å². The highest BCUT2D eigenvalue weighted by Crippen LogP contribution is 2.29. The number of primary amides is 1. The molecule has 6 heteroatoms. The van der Waals surface area contributed by atoms with E-state index < -0.39 is 17.5 Å². The van der Waals surface area contributed by atoms with Gasteiger partial charge in [0.05, 0.1) is 20.3 Å². The number of hydrogen-bond donors (Lipinski definition) is 2. The molecule has 0 radical (unpaired) electrons. The van der Waals surface area contributed by atoms with E-state index >= 15 is 0 Å². The minimum atomic E-state index is -1.00. The summed E-state index contributed by atoms with van der Waals surface area (Å²) in [5.41, 5.74) is 6.14. The molecule has 3 N–H and O–H groups in total. The second-order valence-corrected chi connectivity index (χ2v) is 6.20. The summed E-state index contributed by atoms with van der Waals surface area (Å²) in [7, 11) is 3.12. The zero-order valence-electron chi connectivity index (χ0n) is 15.2. The van der Waals surface area contributed by atoms with Gasteiger partial charge in [-0.05, 0) is 30.2 Å². The van der Waals surface area contributed by atoms with Gasteiger partial charge in [0.1, 0.15) is 11.6 Å². The van der Waals surface area contributed by atoms with E-state index in [2.05, 4.69) is 11.4 Å². The summed E-state index contributed by atoms with van der Waals surface area (Å²) in [6.07, 6.45) is 0.362. The molecule has 0 bridgehead atoms. The minimum Gasteiger partial charge on any atom is -0.493 e. The van der Waals surface area contributed by atoms with E-state index in [-0.39, 0.29) is 0 Å².